The van der Waals surface area contributed by atoms with Crippen LogP contribution >= 0.6 is 0 Å². The summed E-state index contributed by atoms with van der Waals surface area (Å²) in [6, 6.07) is 14.2. The fraction of sp³-hybridized carbons (Fsp3) is 0.480. The third-order valence-corrected chi connectivity index (χ3v) is 6.65. The summed E-state index contributed by atoms with van der Waals surface area (Å²) in [5.41, 5.74) is 2.53. The minimum Gasteiger partial charge on any atom is -0.391 e. The maximum absolute atomic E-state index is 13.4. The van der Waals surface area contributed by atoms with Gasteiger partial charge in [-0.3, -0.25) is 9.69 Å². The molecule has 1 amide bonds. The number of nitrogens with zero attached hydrogens (tertiary/aromatic N) is 2. The smallest absolute Gasteiger partial charge is 0.258 e. The Morgan fingerprint density at radius 3 is 2.23 bits per heavy atom. The molecular formula is C25H31FN2O2. The molecule has 1 saturated carbocycles. The van der Waals surface area contributed by atoms with Crippen LogP contribution in [0.4, 0.5) is 10.1 Å². The number of halogens is 1. The first kappa shape index (κ1) is 21.0. The van der Waals surface area contributed by atoms with Crippen molar-refractivity contribution >= 4 is 11.6 Å². The average molecular weight is 411 g/mol. The molecule has 2 atom stereocenters. The number of hydrogen-bond donors (Lipinski definition) is 1. The van der Waals surface area contributed by atoms with Crippen molar-refractivity contribution in [1.82, 2.24) is 4.90 Å². The molecule has 0 aromatic heterocycles. The van der Waals surface area contributed by atoms with Crippen LogP contribution in [0.15, 0.2) is 48.5 Å². The normalized spacial score (nSPS) is 23.3. The van der Waals surface area contributed by atoms with E-state index in [0.29, 0.717) is 5.56 Å². The predicted octanol–water partition coefficient (Wildman–Crippen LogP) is 4.55. The van der Waals surface area contributed by atoms with Gasteiger partial charge in [0.2, 0.25) is 0 Å². The topological polar surface area (TPSA) is 43.8 Å². The van der Waals surface area contributed by atoms with Crippen molar-refractivity contribution in [3.8, 4) is 0 Å². The zero-order chi connectivity index (χ0) is 21.1. The van der Waals surface area contributed by atoms with E-state index in [1.165, 1.54) is 18.6 Å². The number of benzene rings is 2. The van der Waals surface area contributed by atoms with Gasteiger partial charge in [0.15, 0.2) is 0 Å². The number of likely N-dealkylation sites (tertiary alicyclic amines) is 1. The molecule has 1 heterocycles. The third-order valence-electron chi connectivity index (χ3n) is 6.65. The van der Waals surface area contributed by atoms with E-state index in [0.717, 1.165) is 56.4 Å². The number of carbonyl (C=O) groups excluding carboxylic acids is 1. The number of aliphatic hydroxyl groups is 1. The van der Waals surface area contributed by atoms with E-state index >= 15 is 0 Å². The van der Waals surface area contributed by atoms with Crippen LogP contribution in [0.25, 0.3) is 0 Å². The molecule has 2 aromatic carbocycles. The number of piperidine rings is 1. The summed E-state index contributed by atoms with van der Waals surface area (Å²) in [7, 11) is 0. The van der Waals surface area contributed by atoms with Crippen LogP contribution in [0.1, 0.15) is 54.4 Å². The molecule has 1 aliphatic heterocycles. The first-order valence-corrected chi connectivity index (χ1v) is 11.1. The number of amides is 1. The summed E-state index contributed by atoms with van der Waals surface area (Å²) >= 11 is 0. The van der Waals surface area contributed by atoms with Crippen molar-refractivity contribution in [2.24, 2.45) is 0 Å². The molecule has 2 unspecified atom stereocenters. The van der Waals surface area contributed by atoms with Gasteiger partial charge in [0.1, 0.15) is 5.82 Å². The van der Waals surface area contributed by atoms with Gasteiger partial charge in [-0.25, -0.2) is 4.39 Å². The van der Waals surface area contributed by atoms with Crippen LogP contribution in [-0.2, 0) is 0 Å². The molecule has 5 heteroatoms. The van der Waals surface area contributed by atoms with Gasteiger partial charge in [0.25, 0.3) is 5.91 Å². The second kappa shape index (κ2) is 9.27. The molecule has 2 fully saturated rings. The minimum atomic E-state index is -0.340. The zero-order valence-corrected chi connectivity index (χ0v) is 17.6. The monoisotopic (exact) mass is 410 g/mol. The molecule has 0 radical (unpaired) electrons. The molecule has 0 spiro atoms. The summed E-state index contributed by atoms with van der Waals surface area (Å²) in [5, 5.41) is 10.4. The number of hydrogen-bond acceptors (Lipinski definition) is 3. The van der Waals surface area contributed by atoms with Crippen molar-refractivity contribution in [3.05, 3.63) is 65.5 Å². The highest BCUT2D eigenvalue weighted by molar-refractivity contribution is 6.06. The molecule has 0 bridgehead atoms. The lowest BCUT2D eigenvalue weighted by Gasteiger charge is -2.44. The van der Waals surface area contributed by atoms with Gasteiger partial charge >= 0.3 is 0 Å². The van der Waals surface area contributed by atoms with E-state index in [1.54, 1.807) is 12.1 Å². The van der Waals surface area contributed by atoms with Crippen LogP contribution in [0.2, 0.25) is 0 Å². The largest absolute Gasteiger partial charge is 0.391 e. The highest BCUT2D eigenvalue weighted by Crippen LogP contribution is 2.30. The van der Waals surface area contributed by atoms with E-state index in [-0.39, 0.29) is 29.9 Å². The summed E-state index contributed by atoms with van der Waals surface area (Å²) in [4.78, 5) is 17.7. The van der Waals surface area contributed by atoms with Gasteiger partial charge in [-0.1, -0.05) is 30.5 Å². The van der Waals surface area contributed by atoms with Gasteiger partial charge < -0.3 is 10.0 Å². The Balaban J connectivity index is 1.53. The fourth-order valence-corrected chi connectivity index (χ4v) is 4.92. The molecule has 160 valence electrons. The first-order valence-electron chi connectivity index (χ1n) is 11.1. The Hall–Kier alpha value is -2.24. The fourth-order valence-electron chi connectivity index (χ4n) is 4.92. The quantitative estimate of drug-likeness (QED) is 0.804. The van der Waals surface area contributed by atoms with E-state index in [2.05, 4.69) is 4.90 Å². The number of rotatable bonds is 4. The molecule has 30 heavy (non-hydrogen) atoms. The molecule has 2 aliphatic rings. The van der Waals surface area contributed by atoms with E-state index in [1.807, 2.05) is 36.1 Å². The summed E-state index contributed by atoms with van der Waals surface area (Å²) in [5.74, 6) is -0.428. The lowest BCUT2D eigenvalue weighted by Crippen LogP contribution is -2.53. The SMILES string of the molecule is Cc1ccc(N(C(=O)c2ccc(F)cc2)C2CCN(C3CCCCC3O)CC2)cc1. The predicted molar refractivity (Wildman–Crippen MR) is 117 cm³/mol. The van der Waals surface area contributed by atoms with Crippen LogP contribution in [0, 0.1) is 12.7 Å². The number of carbonyl (C=O) groups is 1. The van der Waals surface area contributed by atoms with Crippen LogP contribution in [-0.4, -0.2) is 47.2 Å². The molecule has 1 aliphatic carbocycles. The molecule has 1 saturated heterocycles. The van der Waals surface area contributed by atoms with Crippen molar-refractivity contribution in [3.63, 3.8) is 0 Å². The van der Waals surface area contributed by atoms with Gasteiger partial charge in [0.05, 0.1) is 6.10 Å². The van der Waals surface area contributed by atoms with Crippen LogP contribution in [0.5, 0.6) is 0 Å². The Labute approximate surface area is 178 Å². The van der Waals surface area contributed by atoms with Gasteiger partial charge in [-0.15, -0.1) is 0 Å². The van der Waals surface area contributed by atoms with Crippen molar-refractivity contribution in [1.29, 1.82) is 0 Å². The van der Waals surface area contributed by atoms with Crippen molar-refractivity contribution in [2.45, 2.75) is 63.6 Å². The molecule has 4 nitrogen and oxygen atoms in total. The molecule has 4 rings (SSSR count). The highest BCUT2D eigenvalue weighted by Gasteiger charge is 2.35. The minimum absolute atomic E-state index is 0.0854. The van der Waals surface area contributed by atoms with Crippen molar-refractivity contribution in [2.75, 3.05) is 18.0 Å². The zero-order valence-electron chi connectivity index (χ0n) is 17.6. The number of anilines is 1. The van der Waals surface area contributed by atoms with E-state index in [4.69, 9.17) is 0 Å². The maximum Gasteiger partial charge on any atom is 0.258 e. The maximum atomic E-state index is 13.4. The van der Waals surface area contributed by atoms with Gasteiger partial charge in [-0.2, -0.15) is 0 Å². The summed E-state index contributed by atoms with van der Waals surface area (Å²) in [6.07, 6.45) is 5.74. The lowest BCUT2D eigenvalue weighted by atomic mass is 9.89. The van der Waals surface area contributed by atoms with Gasteiger partial charge in [0, 0.05) is 36.4 Å². The van der Waals surface area contributed by atoms with Gasteiger partial charge in [-0.05, 0) is 69.0 Å². The molecule has 1 N–H and O–H groups in total. The second-order valence-electron chi connectivity index (χ2n) is 8.70. The summed E-state index contributed by atoms with van der Waals surface area (Å²) in [6.45, 7) is 3.79. The second-order valence-corrected chi connectivity index (χ2v) is 8.70. The Morgan fingerprint density at radius 2 is 1.60 bits per heavy atom. The number of aliphatic hydroxyl groups excluding tert-OH is 1. The standard InChI is InChI=1S/C25H31FN2O2/c1-18-6-12-21(13-7-18)28(25(30)19-8-10-20(26)11-9-19)22-14-16-27(17-15-22)23-4-2-3-5-24(23)29/h6-13,22-24,29H,2-5,14-17H2,1H3. The third kappa shape index (κ3) is 4.57. The van der Waals surface area contributed by atoms with Crippen LogP contribution < -0.4 is 4.90 Å². The van der Waals surface area contributed by atoms with E-state index < -0.39 is 0 Å². The Morgan fingerprint density at radius 1 is 0.967 bits per heavy atom. The lowest BCUT2D eigenvalue weighted by molar-refractivity contribution is 0.00866. The first-order chi connectivity index (χ1) is 14.5. The molecule has 2 aromatic rings. The van der Waals surface area contributed by atoms with Crippen molar-refractivity contribution < 1.29 is 14.3 Å². The van der Waals surface area contributed by atoms with Crippen LogP contribution in [0.3, 0.4) is 0 Å². The Kier molecular flexibility index (Phi) is 6.49. The molecular weight excluding hydrogens is 379 g/mol. The van der Waals surface area contributed by atoms with E-state index in [9.17, 15) is 14.3 Å². The Bertz CT molecular complexity index is 844. The number of aryl methyl sites for hydroxylation is 1. The summed E-state index contributed by atoms with van der Waals surface area (Å²) < 4.78 is 13.4. The average Bonchev–Trinajstić information content (AvgIpc) is 2.77. The highest BCUT2D eigenvalue weighted by atomic mass is 19.1.